The Bertz CT molecular complexity index is 507. The van der Waals surface area contributed by atoms with Gasteiger partial charge in [0.05, 0.1) is 0 Å². The number of carbonyl (C=O) groups is 2. The first-order valence-corrected chi connectivity index (χ1v) is 6.81. The topological polar surface area (TPSA) is 70.8 Å². The number of carboxylic acids is 1. The van der Waals surface area contributed by atoms with Gasteiger partial charge in [-0.05, 0) is 43.7 Å². The summed E-state index contributed by atoms with van der Waals surface area (Å²) in [5.41, 5.74) is 0. The number of furan rings is 1. The zero-order valence-electron chi connectivity index (χ0n) is 10.7. The number of nitrogens with zero attached hydrogens (tertiary/aromatic N) is 1. The number of likely N-dealkylation sites (tertiary alicyclic amines) is 1. The number of amides is 1. The summed E-state index contributed by atoms with van der Waals surface area (Å²) in [6.07, 6.45) is 5.67. The van der Waals surface area contributed by atoms with E-state index in [4.69, 9.17) is 9.52 Å². The van der Waals surface area contributed by atoms with Crippen LogP contribution in [0.4, 0.5) is 0 Å². The largest absolute Gasteiger partial charge is 0.475 e. The van der Waals surface area contributed by atoms with Gasteiger partial charge in [-0.3, -0.25) is 4.79 Å². The Morgan fingerprint density at radius 2 is 1.89 bits per heavy atom. The van der Waals surface area contributed by atoms with E-state index in [1.54, 1.807) is 0 Å². The van der Waals surface area contributed by atoms with Crippen molar-refractivity contribution in [1.29, 1.82) is 0 Å². The maximum absolute atomic E-state index is 12.4. The molecule has 2 atom stereocenters. The number of aromatic carboxylic acids is 1. The van der Waals surface area contributed by atoms with Crippen LogP contribution < -0.4 is 0 Å². The van der Waals surface area contributed by atoms with E-state index in [-0.39, 0.29) is 17.4 Å². The molecule has 0 unspecified atom stereocenters. The van der Waals surface area contributed by atoms with Crippen LogP contribution in [-0.4, -0.2) is 34.5 Å². The number of piperidine rings is 1. The molecular weight excluding hydrogens is 246 g/mol. The highest BCUT2D eigenvalue weighted by Gasteiger charge is 2.38. The molecule has 1 aliphatic heterocycles. The Morgan fingerprint density at radius 1 is 1.16 bits per heavy atom. The van der Waals surface area contributed by atoms with Gasteiger partial charge in [-0.25, -0.2) is 4.79 Å². The molecule has 1 aromatic rings. The van der Waals surface area contributed by atoms with Crippen molar-refractivity contribution in [3.8, 4) is 0 Å². The lowest BCUT2D eigenvalue weighted by atomic mass is 9.92. The van der Waals surface area contributed by atoms with Crippen LogP contribution in [0, 0.1) is 5.92 Å². The summed E-state index contributed by atoms with van der Waals surface area (Å²) in [4.78, 5) is 25.1. The summed E-state index contributed by atoms with van der Waals surface area (Å²) in [6, 6.07) is 3.12. The van der Waals surface area contributed by atoms with E-state index in [0.29, 0.717) is 12.0 Å². The minimum absolute atomic E-state index is 0.143. The van der Waals surface area contributed by atoms with Crippen LogP contribution in [0.2, 0.25) is 0 Å². The summed E-state index contributed by atoms with van der Waals surface area (Å²) >= 11 is 0. The first kappa shape index (κ1) is 12.3. The molecule has 0 radical (unpaired) electrons. The highest BCUT2D eigenvalue weighted by molar-refractivity contribution is 5.93. The number of carbonyl (C=O) groups excluding carboxylic acids is 1. The van der Waals surface area contributed by atoms with Crippen LogP contribution in [0.1, 0.15) is 53.2 Å². The molecule has 1 saturated heterocycles. The molecule has 19 heavy (non-hydrogen) atoms. The Morgan fingerprint density at radius 3 is 2.63 bits per heavy atom. The Kier molecular flexibility index (Phi) is 3.05. The van der Waals surface area contributed by atoms with E-state index in [1.807, 2.05) is 4.90 Å². The zero-order chi connectivity index (χ0) is 13.4. The summed E-state index contributed by atoms with van der Waals surface area (Å²) < 4.78 is 5.12. The Labute approximate surface area is 111 Å². The molecule has 5 heteroatoms. The maximum Gasteiger partial charge on any atom is 0.371 e. The molecular formula is C14H17NO4. The minimum atomic E-state index is -1.14. The van der Waals surface area contributed by atoms with Gasteiger partial charge in [0.1, 0.15) is 0 Å². The molecule has 3 rings (SSSR count). The van der Waals surface area contributed by atoms with Gasteiger partial charge >= 0.3 is 5.97 Å². The van der Waals surface area contributed by atoms with Crippen molar-refractivity contribution in [2.45, 2.75) is 38.1 Å². The van der Waals surface area contributed by atoms with Crippen LogP contribution in [-0.2, 0) is 0 Å². The van der Waals surface area contributed by atoms with Gasteiger partial charge in [-0.2, -0.15) is 0 Å². The first-order chi connectivity index (χ1) is 9.16. The third kappa shape index (κ3) is 2.13. The summed E-state index contributed by atoms with van der Waals surface area (Å²) in [6.45, 7) is 0.753. The molecule has 2 heterocycles. The van der Waals surface area contributed by atoms with Crippen LogP contribution in [0.3, 0.4) is 0 Å². The molecule has 0 aromatic carbocycles. The quantitative estimate of drug-likeness (QED) is 0.889. The molecule has 1 aromatic heterocycles. The SMILES string of the molecule is O=C(O)c1ccc(C(=O)N2CCC[C@@H]3CCC[C@H]32)o1. The van der Waals surface area contributed by atoms with E-state index in [2.05, 4.69) is 0 Å². The number of rotatable bonds is 2. The third-order valence-electron chi connectivity index (χ3n) is 4.28. The fraction of sp³-hybridized carbons (Fsp3) is 0.571. The number of fused-ring (bicyclic) bond motifs is 1. The zero-order valence-corrected chi connectivity index (χ0v) is 10.7. The monoisotopic (exact) mass is 263 g/mol. The normalized spacial score (nSPS) is 26.2. The summed E-state index contributed by atoms with van der Waals surface area (Å²) in [5.74, 6) is -0.722. The molecule has 0 spiro atoms. The standard InChI is InChI=1S/C14H17NO4/c16-13(11-6-7-12(19-11)14(17)18)15-8-2-4-9-3-1-5-10(9)15/h6-7,9-10H,1-5,8H2,(H,17,18)/t9-,10+/m0/s1. The predicted octanol–water partition coefficient (Wildman–Crippen LogP) is 2.38. The lowest BCUT2D eigenvalue weighted by Gasteiger charge is -2.37. The lowest BCUT2D eigenvalue weighted by Crippen LogP contribution is -2.46. The molecule has 2 fully saturated rings. The smallest absolute Gasteiger partial charge is 0.371 e. The summed E-state index contributed by atoms with van der Waals surface area (Å²) in [7, 11) is 0. The van der Waals surface area contributed by atoms with Gasteiger partial charge in [-0.15, -0.1) is 0 Å². The van der Waals surface area contributed by atoms with Crippen LogP contribution in [0.15, 0.2) is 16.5 Å². The van der Waals surface area contributed by atoms with Gasteiger partial charge in [0.25, 0.3) is 5.91 Å². The van der Waals surface area contributed by atoms with E-state index in [1.165, 1.54) is 31.4 Å². The van der Waals surface area contributed by atoms with Crippen molar-refractivity contribution in [3.05, 3.63) is 23.7 Å². The van der Waals surface area contributed by atoms with Crippen molar-refractivity contribution in [3.63, 3.8) is 0 Å². The van der Waals surface area contributed by atoms with E-state index in [0.717, 1.165) is 19.4 Å². The Balaban J connectivity index is 1.80. The van der Waals surface area contributed by atoms with Crippen LogP contribution in [0.5, 0.6) is 0 Å². The third-order valence-corrected chi connectivity index (χ3v) is 4.28. The van der Waals surface area contributed by atoms with Gasteiger partial charge in [-0.1, -0.05) is 6.42 Å². The highest BCUT2D eigenvalue weighted by Crippen LogP contribution is 2.37. The second-order valence-corrected chi connectivity index (χ2v) is 5.37. The average Bonchev–Trinajstić information content (AvgIpc) is 3.06. The highest BCUT2D eigenvalue weighted by atomic mass is 16.4. The first-order valence-electron chi connectivity index (χ1n) is 6.81. The van der Waals surface area contributed by atoms with Gasteiger partial charge in [0, 0.05) is 12.6 Å². The predicted molar refractivity (Wildman–Crippen MR) is 67.1 cm³/mol. The van der Waals surface area contributed by atoms with Gasteiger partial charge in [0.2, 0.25) is 5.76 Å². The van der Waals surface area contributed by atoms with Crippen molar-refractivity contribution in [2.24, 2.45) is 5.92 Å². The minimum Gasteiger partial charge on any atom is -0.475 e. The molecule has 1 saturated carbocycles. The Hall–Kier alpha value is -1.78. The second kappa shape index (κ2) is 4.72. The van der Waals surface area contributed by atoms with E-state index < -0.39 is 5.97 Å². The van der Waals surface area contributed by atoms with Crippen LogP contribution >= 0.6 is 0 Å². The second-order valence-electron chi connectivity index (χ2n) is 5.37. The van der Waals surface area contributed by atoms with Crippen molar-refractivity contribution in [2.75, 3.05) is 6.54 Å². The average molecular weight is 263 g/mol. The fourth-order valence-electron chi connectivity index (χ4n) is 3.42. The molecule has 2 aliphatic rings. The number of hydrogen-bond donors (Lipinski definition) is 1. The molecule has 1 amide bonds. The lowest BCUT2D eigenvalue weighted by molar-refractivity contribution is 0.0510. The fourth-order valence-corrected chi connectivity index (χ4v) is 3.42. The van der Waals surface area contributed by atoms with E-state index in [9.17, 15) is 9.59 Å². The van der Waals surface area contributed by atoms with Gasteiger partial charge < -0.3 is 14.4 Å². The van der Waals surface area contributed by atoms with E-state index >= 15 is 0 Å². The van der Waals surface area contributed by atoms with Crippen LogP contribution in [0.25, 0.3) is 0 Å². The van der Waals surface area contributed by atoms with Gasteiger partial charge in [0.15, 0.2) is 5.76 Å². The number of hydrogen-bond acceptors (Lipinski definition) is 3. The van der Waals surface area contributed by atoms with Crippen molar-refractivity contribution in [1.82, 2.24) is 4.90 Å². The number of carboxylic acid groups (broad SMARTS) is 1. The summed E-state index contributed by atoms with van der Waals surface area (Å²) in [5, 5.41) is 8.82. The molecule has 1 N–H and O–H groups in total. The molecule has 1 aliphatic carbocycles. The molecule has 0 bridgehead atoms. The molecule has 102 valence electrons. The maximum atomic E-state index is 12.4. The molecule has 5 nitrogen and oxygen atoms in total. The van der Waals surface area contributed by atoms with Crippen molar-refractivity contribution >= 4 is 11.9 Å². The van der Waals surface area contributed by atoms with Crippen molar-refractivity contribution < 1.29 is 19.1 Å².